The van der Waals surface area contributed by atoms with Crippen molar-refractivity contribution in [1.82, 2.24) is 9.47 Å². The smallest absolute Gasteiger partial charge is 0.259 e. The van der Waals surface area contributed by atoms with Gasteiger partial charge in [0.25, 0.3) is 5.91 Å². The lowest BCUT2D eigenvalue weighted by molar-refractivity contribution is 0.0722. The topological polar surface area (TPSA) is 42.3 Å². The minimum atomic E-state index is -0.158. The van der Waals surface area contributed by atoms with Crippen LogP contribution in [-0.4, -0.2) is 28.5 Å². The Morgan fingerprint density at radius 2 is 1.80 bits per heavy atom. The first-order valence-corrected chi connectivity index (χ1v) is 7.06. The molecule has 0 spiro atoms. The van der Waals surface area contributed by atoms with Crippen LogP contribution in [0.25, 0.3) is 10.9 Å². The third-order valence-corrected chi connectivity index (χ3v) is 3.97. The number of rotatable bonds is 1. The Morgan fingerprint density at radius 3 is 2.55 bits per heavy atom. The second-order valence-electron chi connectivity index (χ2n) is 5.35. The molecule has 1 saturated heterocycles. The molecule has 3 rings (SSSR count). The van der Waals surface area contributed by atoms with E-state index in [1.54, 1.807) is 17.2 Å². The zero-order chi connectivity index (χ0) is 14.1. The van der Waals surface area contributed by atoms with Crippen LogP contribution in [0.15, 0.2) is 35.3 Å². The average Bonchev–Trinajstić information content (AvgIpc) is 2.51. The van der Waals surface area contributed by atoms with Crippen LogP contribution in [-0.2, 0) is 7.05 Å². The highest BCUT2D eigenvalue weighted by atomic mass is 16.2. The van der Waals surface area contributed by atoms with Gasteiger partial charge in [-0.25, -0.2) is 0 Å². The minimum absolute atomic E-state index is 0.129. The lowest BCUT2D eigenvalue weighted by Gasteiger charge is -2.26. The van der Waals surface area contributed by atoms with Crippen molar-refractivity contribution in [3.63, 3.8) is 0 Å². The van der Waals surface area contributed by atoms with Crippen LogP contribution in [0.1, 0.15) is 29.6 Å². The average molecular weight is 270 g/mol. The quantitative estimate of drug-likeness (QED) is 0.797. The Morgan fingerprint density at radius 1 is 1.10 bits per heavy atom. The predicted molar refractivity (Wildman–Crippen MR) is 78.9 cm³/mol. The third-order valence-electron chi connectivity index (χ3n) is 3.97. The SMILES string of the molecule is Cn1cc(C(=O)N2CCCCC2)c(=O)c2ccccc21. The minimum Gasteiger partial charge on any atom is -0.350 e. The van der Waals surface area contributed by atoms with Crippen molar-refractivity contribution in [2.24, 2.45) is 7.05 Å². The number of carbonyl (C=O) groups is 1. The van der Waals surface area contributed by atoms with Gasteiger partial charge in [0.15, 0.2) is 0 Å². The van der Waals surface area contributed by atoms with Crippen LogP contribution in [0.5, 0.6) is 0 Å². The number of para-hydroxylation sites is 1. The van der Waals surface area contributed by atoms with E-state index in [4.69, 9.17) is 0 Å². The van der Waals surface area contributed by atoms with Crippen LogP contribution in [0, 0.1) is 0 Å². The van der Waals surface area contributed by atoms with Gasteiger partial charge < -0.3 is 9.47 Å². The molecule has 0 aliphatic carbocycles. The third kappa shape index (κ3) is 2.11. The van der Waals surface area contributed by atoms with Gasteiger partial charge in [-0.2, -0.15) is 0 Å². The highest BCUT2D eigenvalue weighted by Gasteiger charge is 2.21. The maximum absolute atomic E-state index is 12.5. The second kappa shape index (κ2) is 5.12. The summed E-state index contributed by atoms with van der Waals surface area (Å²) in [6.07, 6.45) is 4.89. The zero-order valence-electron chi connectivity index (χ0n) is 11.6. The number of hydrogen-bond acceptors (Lipinski definition) is 2. The number of likely N-dealkylation sites (tertiary alicyclic amines) is 1. The van der Waals surface area contributed by atoms with Gasteiger partial charge in [-0.1, -0.05) is 12.1 Å². The summed E-state index contributed by atoms with van der Waals surface area (Å²) in [5, 5.41) is 0.609. The molecule has 1 fully saturated rings. The van der Waals surface area contributed by atoms with Gasteiger partial charge >= 0.3 is 0 Å². The maximum atomic E-state index is 12.5. The number of piperidine rings is 1. The largest absolute Gasteiger partial charge is 0.350 e. The highest BCUT2D eigenvalue weighted by molar-refractivity contribution is 5.97. The summed E-state index contributed by atoms with van der Waals surface area (Å²) in [7, 11) is 1.87. The predicted octanol–water partition coefficient (Wildman–Crippen LogP) is 2.16. The number of aromatic nitrogens is 1. The molecule has 1 aliphatic heterocycles. The molecule has 0 atom stereocenters. The van der Waals surface area contributed by atoms with Crippen molar-refractivity contribution in [2.45, 2.75) is 19.3 Å². The number of hydrogen-bond donors (Lipinski definition) is 0. The van der Waals surface area contributed by atoms with E-state index in [1.807, 2.05) is 29.8 Å². The van der Waals surface area contributed by atoms with Crippen molar-refractivity contribution in [1.29, 1.82) is 0 Å². The molecule has 0 N–H and O–H groups in total. The summed E-state index contributed by atoms with van der Waals surface area (Å²) in [6.45, 7) is 1.52. The molecule has 0 unspecified atom stereocenters. The standard InChI is InChI=1S/C16H18N2O2/c1-17-11-13(16(20)18-9-5-2-6-10-18)15(19)12-7-3-4-8-14(12)17/h3-4,7-8,11H,2,5-6,9-10H2,1H3. The number of pyridine rings is 1. The fraction of sp³-hybridized carbons (Fsp3) is 0.375. The molecule has 1 aliphatic rings. The van der Waals surface area contributed by atoms with Crippen molar-refractivity contribution >= 4 is 16.8 Å². The summed E-state index contributed by atoms with van der Waals surface area (Å²) in [5.74, 6) is -0.129. The van der Waals surface area contributed by atoms with E-state index in [1.165, 1.54) is 6.42 Å². The summed E-state index contributed by atoms with van der Waals surface area (Å²) < 4.78 is 1.86. The van der Waals surface area contributed by atoms with Crippen LogP contribution in [0.3, 0.4) is 0 Å². The van der Waals surface area contributed by atoms with Gasteiger partial charge in [0.05, 0.1) is 5.52 Å². The van der Waals surface area contributed by atoms with Gasteiger partial charge in [0.1, 0.15) is 5.56 Å². The Hall–Kier alpha value is -2.10. The van der Waals surface area contributed by atoms with E-state index in [-0.39, 0.29) is 16.9 Å². The van der Waals surface area contributed by atoms with E-state index in [0.717, 1.165) is 31.4 Å². The molecule has 1 amide bonds. The fourth-order valence-electron chi connectivity index (χ4n) is 2.86. The normalized spacial score (nSPS) is 15.6. The van der Waals surface area contributed by atoms with Gasteiger partial charge in [-0.05, 0) is 31.4 Å². The maximum Gasteiger partial charge on any atom is 0.259 e. The molecule has 4 heteroatoms. The van der Waals surface area contributed by atoms with Crippen LogP contribution in [0.2, 0.25) is 0 Å². The molecule has 2 heterocycles. The molecule has 4 nitrogen and oxygen atoms in total. The Labute approximate surface area is 117 Å². The lowest BCUT2D eigenvalue weighted by atomic mass is 10.1. The summed E-state index contributed by atoms with van der Waals surface area (Å²) in [4.78, 5) is 26.8. The lowest BCUT2D eigenvalue weighted by Crippen LogP contribution is -2.38. The molecule has 104 valence electrons. The molecule has 20 heavy (non-hydrogen) atoms. The number of fused-ring (bicyclic) bond motifs is 1. The first kappa shape index (κ1) is 12.9. The molecular weight excluding hydrogens is 252 g/mol. The van der Waals surface area contributed by atoms with Gasteiger partial charge in [-0.15, -0.1) is 0 Å². The molecule has 1 aromatic heterocycles. The summed E-state index contributed by atoms with van der Waals surface area (Å²) >= 11 is 0. The van der Waals surface area contributed by atoms with Gasteiger partial charge in [0.2, 0.25) is 5.43 Å². The van der Waals surface area contributed by atoms with E-state index in [2.05, 4.69) is 0 Å². The second-order valence-corrected chi connectivity index (χ2v) is 5.35. The van der Waals surface area contributed by atoms with Crippen molar-refractivity contribution in [3.8, 4) is 0 Å². The Balaban J connectivity index is 2.10. The van der Waals surface area contributed by atoms with E-state index in [0.29, 0.717) is 5.39 Å². The van der Waals surface area contributed by atoms with Crippen molar-refractivity contribution in [3.05, 3.63) is 46.2 Å². The van der Waals surface area contributed by atoms with Gasteiger partial charge in [0, 0.05) is 31.7 Å². The molecule has 0 radical (unpaired) electrons. The van der Waals surface area contributed by atoms with E-state index < -0.39 is 0 Å². The monoisotopic (exact) mass is 270 g/mol. The molecule has 1 aromatic carbocycles. The van der Waals surface area contributed by atoms with Crippen LogP contribution >= 0.6 is 0 Å². The van der Waals surface area contributed by atoms with Crippen LogP contribution in [0.4, 0.5) is 0 Å². The highest BCUT2D eigenvalue weighted by Crippen LogP contribution is 2.14. The zero-order valence-corrected chi connectivity index (χ0v) is 11.6. The number of benzene rings is 1. The number of carbonyl (C=O) groups excluding carboxylic acids is 1. The number of amides is 1. The molecule has 0 saturated carbocycles. The first-order valence-electron chi connectivity index (χ1n) is 7.06. The van der Waals surface area contributed by atoms with Gasteiger partial charge in [-0.3, -0.25) is 9.59 Å². The molecule has 0 bridgehead atoms. The Kier molecular flexibility index (Phi) is 3.30. The summed E-state index contributed by atoms with van der Waals surface area (Å²) in [5.41, 5.74) is 0.982. The van der Waals surface area contributed by atoms with E-state index in [9.17, 15) is 9.59 Å². The number of aryl methyl sites for hydroxylation is 1. The fourth-order valence-corrected chi connectivity index (χ4v) is 2.86. The summed E-state index contributed by atoms with van der Waals surface area (Å²) in [6, 6.07) is 7.41. The van der Waals surface area contributed by atoms with Crippen molar-refractivity contribution < 1.29 is 4.79 Å². The van der Waals surface area contributed by atoms with Crippen molar-refractivity contribution in [2.75, 3.05) is 13.1 Å². The first-order chi connectivity index (χ1) is 9.68. The Bertz CT molecular complexity index is 712. The molecular formula is C16H18N2O2. The molecule has 2 aromatic rings. The van der Waals surface area contributed by atoms with E-state index >= 15 is 0 Å². The number of nitrogens with zero attached hydrogens (tertiary/aromatic N) is 2. The van der Waals surface area contributed by atoms with Crippen LogP contribution < -0.4 is 5.43 Å².